The molecule has 3 nitrogen and oxygen atoms in total. The topological polar surface area (TPSA) is 29.5 Å². The maximum atomic E-state index is 10.8. The van der Waals surface area contributed by atoms with E-state index in [-0.39, 0.29) is 0 Å². The van der Waals surface area contributed by atoms with Crippen molar-refractivity contribution in [1.29, 1.82) is 0 Å². The van der Waals surface area contributed by atoms with Crippen LogP contribution in [0.5, 0.6) is 0 Å². The van der Waals surface area contributed by atoms with Crippen LogP contribution in [-0.4, -0.2) is 33.1 Å². The summed E-state index contributed by atoms with van der Waals surface area (Å²) in [7, 11) is 1.96. The van der Waals surface area contributed by atoms with Gasteiger partial charge in [-0.1, -0.05) is 12.1 Å². The van der Waals surface area contributed by atoms with E-state index >= 15 is 0 Å². The van der Waals surface area contributed by atoms with Crippen molar-refractivity contribution in [3.63, 3.8) is 0 Å². The molecule has 1 aromatic rings. The van der Waals surface area contributed by atoms with Crippen molar-refractivity contribution in [3.05, 3.63) is 29.8 Å². The average molecular weight is 207 g/mol. The number of rotatable bonds is 6. The van der Waals surface area contributed by atoms with Crippen molar-refractivity contribution >= 4 is 12.0 Å². The molecule has 0 amide bonds. The van der Waals surface area contributed by atoms with Crippen molar-refractivity contribution in [3.8, 4) is 0 Å². The number of nitrogens with zero attached hydrogens (tertiary/aromatic N) is 1. The first-order valence-corrected chi connectivity index (χ1v) is 5.12. The van der Waals surface area contributed by atoms with Gasteiger partial charge in [0.15, 0.2) is 6.29 Å². The zero-order chi connectivity index (χ0) is 11.1. The molecule has 0 heterocycles. The standard InChI is InChI=1S/C12H17NO2/c1-3-15-9-8-13(2)12-7-5-4-6-11(12)10-14/h4-7,10H,3,8-9H2,1-2H3. The molecular weight excluding hydrogens is 190 g/mol. The van der Waals surface area contributed by atoms with Gasteiger partial charge in [0, 0.05) is 31.5 Å². The van der Waals surface area contributed by atoms with Crippen molar-refractivity contribution < 1.29 is 9.53 Å². The Kier molecular flexibility index (Phi) is 4.84. The van der Waals surface area contributed by atoms with E-state index in [1.807, 2.05) is 43.1 Å². The van der Waals surface area contributed by atoms with E-state index in [9.17, 15) is 4.79 Å². The Bertz CT molecular complexity index is 312. The molecule has 0 aliphatic heterocycles. The molecule has 0 saturated heterocycles. The number of hydrogen-bond donors (Lipinski definition) is 0. The normalized spacial score (nSPS) is 10.0. The maximum absolute atomic E-state index is 10.8. The van der Waals surface area contributed by atoms with Crippen LogP contribution in [0.3, 0.4) is 0 Å². The summed E-state index contributed by atoms with van der Waals surface area (Å²) < 4.78 is 5.27. The second-order valence-electron chi connectivity index (χ2n) is 3.30. The van der Waals surface area contributed by atoms with Gasteiger partial charge in [-0.15, -0.1) is 0 Å². The summed E-state index contributed by atoms with van der Waals surface area (Å²) in [6, 6.07) is 7.55. The molecule has 0 bridgehead atoms. The Labute approximate surface area is 90.7 Å². The lowest BCUT2D eigenvalue weighted by molar-refractivity contribution is 0.112. The Hall–Kier alpha value is -1.35. The van der Waals surface area contributed by atoms with Crippen LogP contribution in [0.1, 0.15) is 17.3 Å². The highest BCUT2D eigenvalue weighted by Crippen LogP contribution is 2.16. The molecule has 0 unspecified atom stereocenters. The van der Waals surface area contributed by atoms with Crippen molar-refractivity contribution in [1.82, 2.24) is 0 Å². The summed E-state index contributed by atoms with van der Waals surface area (Å²) in [6.07, 6.45) is 0.881. The second-order valence-corrected chi connectivity index (χ2v) is 3.30. The van der Waals surface area contributed by atoms with Gasteiger partial charge in [-0.2, -0.15) is 0 Å². The van der Waals surface area contributed by atoms with Crippen molar-refractivity contribution in [2.75, 3.05) is 31.7 Å². The number of ether oxygens (including phenoxy) is 1. The molecule has 0 saturated carbocycles. The Morgan fingerprint density at radius 3 is 2.80 bits per heavy atom. The molecule has 0 aromatic heterocycles. The minimum Gasteiger partial charge on any atom is -0.380 e. The summed E-state index contributed by atoms with van der Waals surface area (Å²) in [5, 5.41) is 0. The van der Waals surface area contributed by atoms with Gasteiger partial charge in [-0.3, -0.25) is 4.79 Å². The third-order valence-electron chi connectivity index (χ3n) is 2.25. The molecule has 0 aliphatic carbocycles. The first kappa shape index (κ1) is 11.7. The number of para-hydroxylation sites is 1. The van der Waals surface area contributed by atoms with E-state index in [4.69, 9.17) is 4.74 Å². The van der Waals surface area contributed by atoms with Crippen LogP contribution in [0.15, 0.2) is 24.3 Å². The lowest BCUT2D eigenvalue weighted by Crippen LogP contribution is -2.23. The predicted molar refractivity (Wildman–Crippen MR) is 61.6 cm³/mol. The molecule has 0 spiro atoms. The molecule has 0 N–H and O–H groups in total. The summed E-state index contributed by atoms with van der Waals surface area (Å²) >= 11 is 0. The van der Waals surface area contributed by atoms with Crippen LogP contribution in [0.2, 0.25) is 0 Å². The van der Waals surface area contributed by atoms with Crippen LogP contribution < -0.4 is 4.90 Å². The highest BCUT2D eigenvalue weighted by molar-refractivity contribution is 5.84. The van der Waals surface area contributed by atoms with E-state index in [0.717, 1.165) is 30.7 Å². The van der Waals surface area contributed by atoms with E-state index in [1.54, 1.807) is 0 Å². The molecule has 0 aliphatic rings. The fourth-order valence-electron chi connectivity index (χ4n) is 1.40. The molecule has 0 fully saturated rings. The van der Waals surface area contributed by atoms with Gasteiger partial charge >= 0.3 is 0 Å². The lowest BCUT2D eigenvalue weighted by Gasteiger charge is -2.20. The van der Waals surface area contributed by atoms with Crippen LogP contribution in [-0.2, 0) is 4.74 Å². The molecule has 0 atom stereocenters. The van der Waals surface area contributed by atoms with Crippen LogP contribution in [0, 0.1) is 0 Å². The van der Waals surface area contributed by atoms with Crippen LogP contribution >= 0.6 is 0 Å². The fraction of sp³-hybridized carbons (Fsp3) is 0.417. The van der Waals surface area contributed by atoms with Gasteiger partial charge in [0.25, 0.3) is 0 Å². The summed E-state index contributed by atoms with van der Waals surface area (Å²) in [4.78, 5) is 12.8. The SMILES string of the molecule is CCOCCN(C)c1ccccc1C=O. The minimum absolute atomic E-state index is 0.681. The number of hydrogen-bond acceptors (Lipinski definition) is 3. The zero-order valence-electron chi connectivity index (χ0n) is 9.27. The number of carbonyl (C=O) groups excluding carboxylic acids is 1. The summed E-state index contributed by atoms with van der Waals surface area (Å²) in [6.45, 7) is 4.17. The Morgan fingerprint density at radius 1 is 1.40 bits per heavy atom. The number of carbonyl (C=O) groups is 1. The van der Waals surface area contributed by atoms with Crippen molar-refractivity contribution in [2.45, 2.75) is 6.92 Å². The quantitative estimate of drug-likeness (QED) is 0.527. The molecule has 1 rings (SSSR count). The fourth-order valence-corrected chi connectivity index (χ4v) is 1.40. The second kappa shape index (κ2) is 6.19. The average Bonchev–Trinajstić information content (AvgIpc) is 2.29. The molecule has 0 radical (unpaired) electrons. The predicted octanol–water partition coefficient (Wildman–Crippen LogP) is 1.97. The smallest absolute Gasteiger partial charge is 0.152 e. The Morgan fingerprint density at radius 2 is 2.13 bits per heavy atom. The van der Waals surface area contributed by atoms with Gasteiger partial charge in [-0.25, -0.2) is 0 Å². The van der Waals surface area contributed by atoms with Gasteiger partial charge in [0.2, 0.25) is 0 Å². The summed E-state index contributed by atoms with van der Waals surface area (Å²) in [5.74, 6) is 0. The molecule has 15 heavy (non-hydrogen) atoms. The van der Waals surface area contributed by atoms with Gasteiger partial charge in [-0.05, 0) is 19.1 Å². The van der Waals surface area contributed by atoms with Gasteiger partial charge in [0.1, 0.15) is 0 Å². The monoisotopic (exact) mass is 207 g/mol. The van der Waals surface area contributed by atoms with Crippen molar-refractivity contribution in [2.24, 2.45) is 0 Å². The van der Waals surface area contributed by atoms with Gasteiger partial charge in [0.05, 0.1) is 6.61 Å². The van der Waals surface area contributed by atoms with Crippen LogP contribution in [0.25, 0.3) is 0 Å². The molecule has 1 aromatic carbocycles. The van der Waals surface area contributed by atoms with Crippen LogP contribution in [0.4, 0.5) is 5.69 Å². The first-order chi connectivity index (χ1) is 7.29. The molecule has 82 valence electrons. The summed E-state index contributed by atoms with van der Waals surface area (Å²) in [5.41, 5.74) is 1.67. The first-order valence-electron chi connectivity index (χ1n) is 5.12. The number of aldehydes is 1. The minimum atomic E-state index is 0.681. The maximum Gasteiger partial charge on any atom is 0.152 e. The highest BCUT2D eigenvalue weighted by Gasteiger charge is 2.05. The Balaban J connectivity index is 2.63. The highest BCUT2D eigenvalue weighted by atomic mass is 16.5. The van der Waals surface area contributed by atoms with E-state index in [2.05, 4.69) is 0 Å². The molecule has 3 heteroatoms. The van der Waals surface area contributed by atoms with E-state index < -0.39 is 0 Å². The third kappa shape index (κ3) is 3.36. The zero-order valence-corrected chi connectivity index (χ0v) is 9.27. The number of likely N-dealkylation sites (N-methyl/N-ethyl adjacent to an activating group) is 1. The third-order valence-corrected chi connectivity index (χ3v) is 2.25. The number of benzene rings is 1. The number of anilines is 1. The lowest BCUT2D eigenvalue weighted by atomic mass is 10.2. The largest absolute Gasteiger partial charge is 0.380 e. The van der Waals surface area contributed by atoms with E-state index in [1.165, 1.54) is 0 Å². The van der Waals surface area contributed by atoms with Gasteiger partial charge < -0.3 is 9.64 Å². The van der Waals surface area contributed by atoms with E-state index in [0.29, 0.717) is 6.61 Å². The molecular formula is C12H17NO2.